The van der Waals surface area contributed by atoms with Gasteiger partial charge in [-0.25, -0.2) is 4.39 Å². The van der Waals surface area contributed by atoms with E-state index in [0.717, 1.165) is 24.9 Å². The molecule has 20 heavy (non-hydrogen) atoms. The lowest BCUT2D eigenvalue weighted by atomic mass is 10.1. The fourth-order valence-electron chi connectivity index (χ4n) is 2.69. The highest BCUT2D eigenvalue weighted by molar-refractivity contribution is 5.94. The summed E-state index contributed by atoms with van der Waals surface area (Å²) in [5, 5.41) is 0. The van der Waals surface area contributed by atoms with E-state index in [9.17, 15) is 9.18 Å². The number of hydrogen-bond acceptors (Lipinski definition) is 2. The minimum absolute atomic E-state index is 0.0450. The van der Waals surface area contributed by atoms with Gasteiger partial charge in [-0.05, 0) is 48.7 Å². The summed E-state index contributed by atoms with van der Waals surface area (Å²) in [6, 6.07) is 9.67. The van der Waals surface area contributed by atoms with Crippen molar-refractivity contribution in [1.82, 2.24) is 9.88 Å². The van der Waals surface area contributed by atoms with Gasteiger partial charge in [0.2, 0.25) is 0 Å². The quantitative estimate of drug-likeness (QED) is 0.839. The number of amides is 1. The van der Waals surface area contributed by atoms with E-state index < -0.39 is 0 Å². The SMILES string of the molecule is O=C(c1ccc(F)cc1)N1CCC[C@H]1c1cccnc1. The summed E-state index contributed by atoms with van der Waals surface area (Å²) in [5.41, 5.74) is 1.59. The molecule has 1 aliphatic heterocycles. The Morgan fingerprint density at radius 2 is 2.05 bits per heavy atom. The van der Waals surface area contributed by atoms with Gasteiger partial charge < -0.3 is 4.90 Å². The highest BCUT2D eigenvalue weighted by Gasteiger charge is 2.30. The van der Waals surface area contributed by atoms with E-state index in [1.807, 2.05) is 17.0 Å². The van der Waals surface area contributed by atoms with Gasteiger partial charge in [-0.1, -0.05) is 6.07 Å². The highest BCUT2D eigenvalue weighted by atomic mass is 19.1. The van der Waals surface area contributed by atoms with Gasteiger partial charge in [0.25, 0.3) is 5.91 Å². The Morgan fingerprint density at radius 3 is 2.75 bits per heavy atom. The molecule has 102 valence electrons. The molecule has 1 aromatic carbocycles. The molecule has 0 spiro atoms. The fraction of sp³-hybridized carbons (Fsp3) is 0.250. The normalized spacial score (nSPS) is 18.2. The molecule has 0 unspecified atom stereocenters. The molecule has 1 atom stereocenters. The molecule has 1 aliphatic rings. The van der Waals surface area contributed by atoms with Crippen molar-refractivity contribution in [2.75, 3.05) is 6.54 Å². The van der Waals surface area contributed by atoms with Gasteiger partial charge in [-0.15, -0.1) is 0 Å². The Bertz CT molecular complexity index is 598. The van der Waals surface area contributed by atoms with Crippen LogP contribution < -0.4 is 0 Å². The van der Waals surface area contributed by atoms with Gasteiger partial charge in [0.1, 0.15) is 5.82 Å². The molecule has 4 heteroatoms. The maximum Gasteiger partial charge on any atom is 0.254 e. The molecule has 0 bridgehead atoms. The molecule has 2 heterocycles. The summed E-state index contributed by atoms with van der Waals surface area (Å²) in [6.07, 6.45) is 5.45. The van der Waals surface area contributed by atoms with Crippen molar-refractivity contribution in [3.63, 3.8) is 0 Å². The Balaban J connectivity index is 1.85. The monoisotopic (exact) mass is 270 g/mol. The van der Waals surface area contributed by atoms with Gasteiger partial charge in [-0.3, -0.25) is 9.78 Å². The zero-order valence-electron chi connectivity index (χ0n) is 11.0. The van der Waals surface area contributed by atoms with E-state index in [1.165, 1.54) is 24.3 Å². The third-order valence-electron chi connectivity index (χ3n) is 3.67. The van der Waals surface area contributed by atoms with Crippen molar-refractivity contribution in [1.29, 1.82) is 0 Å². The number of benzene rings is 1. The zero-order valence-corrected chi connectivity index (χ0v) is 11.0. The van der Waals surface area contributed by atoms with Crippen molar-refractivity contribution in [3.05, 3.63) is 65.7 Å². The van der Waals surface area contributed by atoms with E-state index in [2.05, 4.69) is 4.98 Å². The first-order chi connectivity index (χ1) is 9.75. The van der Waals surface area contributed by atoms with Crippen LogP contribution in [0.1, 0.15) is 34.8 Å². The highest BCUT2D eigenvalue weighted by Crippen LogP contribution is 2.32. The smallest absolute Gasteiger partial charge is 0.254 e. The van der Waals surface area contributed by atoms with Crippen molar-refractivity contribution in [3.8, 4) is 0 Å². The molecule has 3 rings (SSSR count). The van der Waals surface area contributed by atoms with E-state index in [0.29, 0.717) is 5.56 Å². The summed E-state index contributed by atoms with van der Waals surface area (Å²) < 4.78 is 12.9. The summed E-state index contributed by atoms with van der Waals surface area (Å²) in [6.45, 7) is 0.732. The van der Waals surface area contributed by atoms with Crippen LogP contribution in [0.3, 0.4) is 0 Å². The van der Waals surface area contributed by atoms with Crippen molar-refractivity contribution < 1.29 is 9.18 Å². The largest absolute Gasteiger partial charge is 0.332 e. The molecule has 2 aromatic rings. The Kier molecular flexibility index (Phi) is 3.46. The lowest BCUT2D eigenvalue weighted by Crippen LogP contribution is -2.30. The second-order valence-electron chi connectivity index (χ2n) is 4.95. The maximum absolute atomic E-state index is 12.9. The van der Waals surface area contributed by atoms with Crippen LogP contribution in [0.2, 0.25) is 0 Å². The predicted molar refractivity (Wildman–Crippen MR) is 73.6 cm³/mol. The first-order valence-electron chi connectivity index (χ1n) is 6.72. The molecule has 1 fully saturated rings. The Labute approximate surface area is 117 Å². The Hall–Kier alpha value is -2.23. The third-order valence-corrected chi connectivity index (χ3v) is 3.67. The molecule has 3 nitrogen and oxygen atoms in total. The zero-order chi connectivity index (χ0) is 13.9. The average Bonchev–Trinajstić information content (AvgIpc) is 2.97. The van der Waals surface area contributed by atoms with E-state index in [4.69, 9.17) is 0 Å². The summed E-state index contributed by atoms with van der Waals surface area (Å²) in [5.74, 6) is -0.372. The standard InChI is InChI=1S/C16H15FN2O/c17-14-7-5-12(6-8-14)16(20)19-10-2-4-15(19)13-3-1-9-18-11-13/h1,3,5-9,11,15H,2,4,10H2/t15-/m0/s1. The van der Waals surface area contributed by atoms with Gasteiger partial charge in [0.15, 0.2) is 0 Å². The minimum Gasteiger partial charge on any atom is -0.332 e. The summed E-state index contributed by atoms with van der Waals surface area (Å²) >= 11 is 0. The van der Waals surface area contributed by atoms with Gasteiger partial charge in [0.05, 0.1) is 6.04 Å². The van der Waals surface area contributed by atoms with E-state index in [1.54, 1.807) is 12.4 Å². The number of hydrogen-bond donors (Lipinski definition) is 0. The van der Waals surface area contributed by atoms with Crippen molar-refractivity contribution in [2.24, 2.45) is 0 Å². The van der Waals surface area contributed by atoms with Gasteiger partial charge in [-0.2, -0.15) is 0 Å². The minimum atomic E-state index is -0.327. The van der Waals surface area contributed by atoms with Gasteiger partial charge >= 0.3 is 0 Å². The number of nitrogens with zero attached hydrogens (tertiary/aromatic N) is 2. The second-order valence-corrected chi connectivity index (χ2v) is 4.95. The topological polar surface area (TPSA) is 33.2 Å². The number of pyridine rings is 1. The van der Waals surface area contributed by atoms with E-state index in [-0.39, 0.29) is 17.8 Å². The van der Waals surface area contributed by atoms with Crippen molar-refractivity contribution >= 4 is 5.91 Å². The number of carbonyl (C=O) groups is 1. The number of aromatic nitrogens is 1. The lowest BCUT2D eigenvalue weighted by Gasteiger charge is -2.25. The van der Waals surface area contributed by atoms with Crippen LogP contribution in [0.4, 0.5) is 4.39 Å². The van der Waals surface area contributed by atoms with Crippen LogP contribution in [0.25, 0.3) is 0 Å². The third kappa shape index (κ3) is 2.41. The maximum atomic E-state index is 12.9. The summed E-state index contributed by atoms with van der Waals surface area (Å²) in [7, 11) is 0. The number of rotatable bonds is 2. The molecule has 0 saturated carbocycles. The fourth-order valence-corrected chi connectivity index (χ4v) is 2.69. The van der Waals surface area contributed by atoms with Crippen LogP contribution >= 0.6 is 0 Å². The van der Waals surface area contributed by atoms with Gasteiger partial charge in [0, 0.05) is 24.5 Å². The van der Waals surface area contributed by atoms with Crippen LogP contribution in [-0.4, -0.2) is 22.3 Å². The number of likely N-dealkylation sites (tertiary alicyclic amines) is 1. The van der Waals surface area contributed by atoms with Crippen molar-refractivity contribution in [2.45, 2.75) is 18.9 Å². The molecule has 0 N–H and O–H groups in total. The molecular weight excluding hydrogens is 255 g/mol. The van der Waals surface area contributed by atoms with Crippen LogP contribution in [0, 0.1) is 5.82 Å². The molecule has 1 saturated heterocycles. The number of carbonyl (C=O) groups excluding carboxylic acids is 1. The van der Waals surface area contributed by atoms with Crippen LogP contribution in [-0.2, 0) is 0 Å². The average molecular weight is 270 g/mol. The molecule has 1 amide bonds. The molecule has 1 aromatic heterocycles. The lowest BCUT2D eigenvalue weighted by molar-refractivity contribution is 0.0735. The summed E-state index contributed by atoms with van der Waals surface area (Å²) in [4.78, 5) is 18.5. The second kappa shape index (κ2) is 5.41. The number of halogens is 1. The van der Waals surface area contributed by atoms with Crippen LogP contribution in [0.5, 0.6) is 0 Å². The first kappa shape index (κ1) is 12.8. The van der Waals surface area contributed by atoms with Crippen LogP contribution in [0.15, 0.2) is 48.8 Å². The Morgan fingerprint density at radius 1 is 1.25 bits per heavy atom. The predicted octanol–water partition coefficient (Wildman–Crippen LogP) is 3.20. The molecule has 0 aliphatic carbocycles. The first-order valence-corrected chi connectivity index (χ1v) is 6.72. The molecular formula is C16H15FN2O. The van der Waals surface area contributed by atoms with E-state index >= 15 is 0 Å². The molecule has 0 radical (unpaired) electrons.